The van der Waals surface area contributed by atoms with Crippen LogP contribution in [0.4, 0.5) is 0 Å². The fraction of sp³-hybridized carbons (Fsp3) is 0.188. The third kappa shape index (κ3) is 4.47. The topological polar surface area (TPSA) is 38.3 Å². The number of carbonyl (C=O) groups excluding carboxylic acids is 1. The summed E-state index contributed by atoms with van der Waals surface area (Å²) in [6, 6.07) is 18.9. The van der Waals surface area contributed by atoms with E-state index in [1.165, 1.54) is 0 Å². The van der Waals surface area contributed by atoms with Crippen LogP contribution in [-0.2, 0) is 0 Å². The highest BCUT2D eigenvalue weighted by Crippen LogP contribution is 2.08. The number of benzene rings is 2. The van der Waals surface area contributed by atoms with Gasteiger partial charge in [-0.25, -0.2) is 0 Å². The molecule has 0 aliphatic heterocycles. The van der Waals surface area contributed by atoms with E-state index in [-0.39, 0.29) is 5.91 Å². The number of amides is 1. The molecule has 0 heterocycles. The third-order valence-corrected chi connectivity index (χ3v) is 2.65. The maximum atomic E-state index is 11.7. The number of hydrogen-bond donors (Lipinski definition) is 1. The SMILES string of the molecule is O=C(NCCCOc1ccccc1)c1ccccc1. The first-order valence-corrected chi connectivity index (χ1v) is 6.37. The van der Waals surface area contributed by atoms with E-state index in [1.54, 1.807) is 12.1 Å². The van der Waals surface area contributed by atoms with Crippen molar-refractivity contribution < 1.29 is 9.53 Å². The molecule has 0 saturated heterocycles. The van der Waals surface area contributed by atoms with Crippen LogP contribution in [0, 0.1) is 0 Å². The highest BCUT2D eigenvalue weighted by Gasteiger charge is 2.02. The lowest BCUT2D eigenvalue weighted by molar-refractivity contribution is 0.0951. The van der Waals surface area contributed by atoms with Crippen molar-refractivity contribution in [3.63, 3.8) is 0 Å². The lowest BCUT2D eigenvalue weighted by Crippen LogP contribution is -2.25. The number of ether oxygens (including phenoxy) is 1. The average Bonchev–Trinajstić information content (AvgIpc) is 2.49. The van der Waals surface area contributed by atoms with Crippen molar-refractivity contribution in [1.29, 1.82) is 0 Å². The first kappa shape index (κ1) is 13.1. The Hall–Kier alpha value is -2.29. The minimum absolute atomic E-state index is 0.0414. The van der Waals surface area contributed by atoms with Gasteiger partial charge in [-0.2, -0.15) is 0 Å². The van der Waals surface area contributed by atoms with Crippen LogP contribution >= 0.6 is 0 Å². The van der Waals surface area contributed by atoms with Crippen molar-refractivity contribution in [3.05, 3.63) is 66.2 Å². The van der Waals surface area contributed by atoms with E-state index < -0.39 is 0 Å². The molecular formula is C16H17NO2. The molecule has 1 N–H and O–H groups in total. The number of hydrogen-bond acceptors (Lipinski definition) is 2. The first-order chi connectivity index (χ1) is 9.36. The highest BCUT2D eigenvalue weighted by atomic mass is 16.5. The van der Waals surface area contributed by atoms with E-state index in [0.29, 0.717) is 18.7 Å². The summed E-state index contributed by atoms with van der Waals surface area (Å²) < 4.78 is 5.54. The summed E-state index contributed by atoms with van der Waals surface area (Å²) in [5.41, 5.74) is 0.687. The Morgan fingerprint density at radius 1 is 0.947 bits per heavy atom. The molecule has 0 saturated carbocycles. The van der Waals surface area contributed by atoms with Gasteiger partial charge < -0.3 is 10.1 Å². The van der Waals surface area contributed by atoms with E-state index in [0.717, 1.165) is 12.2 Å². The zero-order chi connectivity index (χ0) is 13.3. The van der Waals surface area contributed by atoms with Gasteiger partial charge in [0.05, 0.1) is 6.61 Å². The second-order valence-electron chi connectivity index (χ2n) is 4.14. The predicted octanol–water partition coefficient (Wildman–Crippen LogP) is 2.89. The molecule has 1 amide bonds. The van der Waals surface area contributed by atoms with Crippen LogP contribution in [0.3, 0.4) is 0 Å². The van der Waals surface area contributed by atoms with Gasteiger partial charge in [0, 0.05) is 12.1 Å². The van der Waals surface area contributed by atoms with Crippen LogP contribution in [0.5, 0.6) is 5.75 Å². The molecule has 0 atom stereocenters. The van der Waals surface area contributed by atoms with Crippen molar-refractivity contribution in [2.45, 2.75) is 6.42 Å². The molecule has 0 aromatic heterocycles. The zero-order valence-electron chi connectivity index (χ0n) is 10.7. The van der Waals surface area contributed by atoms with Crippen LogP contribution in [0.25, 0.3) is 0 Å². The predicted molar refractivity (Wildman–Crippen MR) is 75.3 cm³/mol. The van der Waals surface area contributed by atoms with Gasteiger partial charge in [-0.05, 0) is 30.7 Å². The van der Waals surface area contributed by atoms with Crippen molar-refractivity contribution in [1.82, 2.24) is 5.32 Å². The first-order valence-electron chi connectivity index (χ1n) is 6.37. The smallest absolute Gasteiger partial charge is 0.251 e. The van der Waals surface area contributed by atoms with Crippen LogP contribution in [0.2, 0.25) is 0 Å². The molecule has 0 aliphatic rings. The maximum Gasteiger partial charge on any atom is 0.251 e. The van der Waals surface area contributed by atoms with E-state index >= 15 is 0 Å². The Balaban J connectivity index is 1.63. The van der Waals surface area contributed by atoms with Gasteiger partial charge in [0.25, 0.3) is 5.91 Å². The Kier molecular flexibility index (Phi) is 4.99. The van der Waals surface area contributed by atoms with Gasteiger partial charge in [0.1, 0.15) is 5.75 Å². The summed E-state index contributed by atoms with van der Waals surface area (Å²) in [4.78, 5) is 11.7. The van der Waals surface area contributed by atoms with Crippen LogP contribution in [0.15, 0.2) is 60.7 Å². The summed E-state index contributed by atoms with van der Waals surface area (Å²) >= 11 is 0. The standard InChI is InChI=1S/C16H17NO2/c18-16(14-8-3-1-4-9-14)17-12-7-13-19-15-10-5-2-6-11-15/h1-6,8-11H,7,12-13H2,(H,17,18). The van der Waals surface area contributed by atoms with Crippen molar-refractivity contribution in [2.75, 3.05) is 13.2 Å². The highest BCUT2D eigenvalue weighted by molar-refractivity contribution is 5.94. The molecule has 3 nitrogen and oxygen atoms in total. The van der Waals surface area contributed by atoms with Crippen molar-refractivity contribution in [2.24, 2.45) is 0 Å². The second kappa shape index (κ2) is 7.21. The van der Waals surface area contributed by atoms with E-state index in [4.69, 9.17) is 4.74 Å². The van der Waals surface area contributed by atoms with Crippen molar-refractivity contribution >= 4 is 5.91 Å². The second-order valence-corrected chi connectivity index (χ2v) is 4.14. The minimum Gasteiger partial charge on any atom is -0.494 e. The van der Waals surface area contributed by atoms with E-state index in [2.05, 4.69) is 5.32 Å². The Morgan fingerprint density at radius 2 is 1.58 bits per heavy atom. The lowest BCUT2D eigenvalue weighted by atomic mass is 10.2. The number of nitrogens with one attached hydrogen (secondary N) is 1. The zero-order valence-corrected chi connectivity index (χ0v) is 10.7. The Morgan fingerprint density at radius 3 is 2.26 bits per heavy atom. The molecular weight excluding hydrogens is 238 g/mol. The molecule has 0 spiro atoms. The summed E-state index contributed by atoms with van der Waals surface area (Å²) in [7, 11) is 0. The molecule has 0 bridgehead atoms. The number of rotatable bonds is 6. The molecule has 19 heavy (non-hydrogen) atoms. The quantitative estimate of drug-likeness (QED) is 0.806. The Bertz CT molecular complexity index is 497. The van der Waals surface area contributed by atoms with Gasteiger partial charge in [-0.1, -0.05) is 36.4 Å². The largest absolute Gasteiger partial charge is 0.494 e. The summed E-state index contributed by atoms with van der Waals surface area (Å²) in [5.74, 6) is 0.817. The van der Waals surface area contributed by atoms with Crippen LogP contribution < -0.4 is 10.1 Å². The average molecular weight is 255 g/mol. The van der Waals surface area contributed by atoms with Crippen molar-refractivity contribution in [3.8, 4) is 5.75 Å². The van der Waals surface area contributed by atoms with Gasteiger partial charge in [0.2, 0.25) is 0 Å². The van der Waals surface area contributed by atoms with E-state index in [1.807, 2.05) is 48.5 Å². The molecule has 3 heteroatoms. The summed E-state index contributed by atoms with van der Waals surface area (Å²) in [6.07, 6.45) is 0.785. The summed E-state index contributed by atoms with van der Waals surface area (Å²) in [6.45, 7) is 1.21. The fourth-order valence-electron chi connectivity index (χ4n) is 1.67. The number of carbonyl (C=O) groups is 1. The molecule has 0 fully saturated rings. The third-order valence-electron chi connectivity index (χ3n) is 2.65. The monoisotopic (exact) mass is 255 g/mol. The molecule has 0 aliphatic carbocycles. The van der Waals surface area contributed by atoms with Crippen LogP contribution in [0.1, 0.15) is 16.8 Å². The molecule has 0 unspecified atom stereocenters. The maximum absolute atomic E-state index is 11.7. The normalized spacial score (nSPS) is 9.89. The summed E-state index contributed by atoms with van der Waals surface area (Å²) in [5, 5.41) is 2.87. The Labute approximate surface area is 113 Å². The van der Waals surface area contributed by atoms with Gasteiger partial charge in [-0.3, -0.25) is 4.79 Å². The van der Waals surface area contributed by atoms with E-state index in [9.17, 15) is 4.79 Å². The fourth-order valence-corrected chi connectivity index (χ4v) is 1.67. The van der Waals surface area contributed by atoms with Gasteiger partial charge in [-0.15, -0.1) is 0 Å². The lowest BCUT2D eigenvalue weighted by Gasteiger charge is -2.07. The van der Waals surface area contributed by atoms with Gasteiger partial charge >= 0.3 is 0 Å². The van der Waals surface area contributed by atoms with Gasteiger partial charge in [0.15, 0.2) is 0 Å². The molecule has 98 valence electrons. The van der Waals surface area contributed by atoms with Crippen LogP contribution in [-0.4, -0.2) is 19.1 Å². The minimum atomic E-state index is -0.0414. The molecule has 0 radical (unpaired) electrons. The molecule has 2 aromatic carbocycles. The molecule has 2 aromatic rings. The molecule has 2 rings (SSSR count). The number of para-hydroxylation sites is 1.